The Labute approximate surface area is 210 Å². The molecule has 3 aromatic rings. The van der Waals surface area contributed by atoms with Crippen LogP contribution in [0.15, 0.2) is 72.8 Å². The van der Waals surface area contributed by atoms with E-state index in [1.165, 1.54) is 0 Å². The third-order valence-corrected chi connectivity index (χ3v) is 5.44. The van der Waals surface area contributed by atoms with Crippen LogP contribution in [0.25, 0.3) is 0 Å². The van der Waals surface area contributed by atoms with E-state index < -0.39 is 6.03 Å². The number of rotatable bonds is 12. The molecule has 0 spiro atoms. The number of hydrogen-bond acceptors (Lipinski definition) is 5. The summed E-state index contributed by atoms with van der Waals surface area (Å²) in [5.41, 5.74) is 1.91. The van der Waals surface area contributed by atoms with Gasteiger partial charge in [0.05, 0.1) is 5.69 Å². The van der Waals surface area contributed by atoms with Crippen LogP contribution in [0.3, 0.4) is 0 Å². The largest absolute Gasteiger partial charge is 0.455 e. The molecule has 9 heteroatoms. The highest BCUT2D eigenvalue weighted by atomic mass is 16.5. The number of urea groups is 1. The van der Waals surface area contributed by atoms with Gasteiger partial charge in [-0.25, -0.2) is 4.79 Å². The maximum atomic E-state index is 12.5. The highest BCUT2D eigenvalue weighted by Gasteiger charge is 2.10. The number of nitrogens with zero attached hydrogens (tertiary/aromatic N) is 1. The number of benzene rings is 3. The Balaban J connectivity index is 1.55. The minimum absolute atomic E-state index is 0.161. The zero-order valence-electron chi connectivity index (χ0n) is 20.4. The van der Waals surface area contributed by atoms with E-state index in [9.17, 15) is 14.4 Å². The fraction of sp³-hybridized carbons (Fsp3) is 0.222. The van der Waals surface area contributed by atoms with Crippen molar-refractivity contribution in [3.05, 3.63) is 78.4 Å². The molecule has 0 aliphatic rings. The maximum Gasteiger partial charge on any atom is 0.323 e. The molecule has 0 bridgehead atoms. The molecule has 0 radical (unpaired) electrons. The molecule has 9 nitrogen and oxygen atoms in total. The van der Waals surface area contributed by atoms with Gasteiger partial charge in [0.1, 0.15) is 5.75 Å². The van der Waals surface area contributed by atoms with Gasteiger partial charge in [-0.3, -0.25) is 9.59 Å². The second kappa shape index (κ2) is 13.5. The molecule has 0 saturated heterocycles. The first kappa shape index (κ1) is 26.2. The molecule has 0 aliphatic heterocycles. The average molecular weight is 490 g/mol. The van der Waals surface area contributed by atoms with Gasteiger partial charge in [0.25, 0.3) is 5.91 Å². The Bertz CT molecular complexity index is 1150. The summed E-state index contributed by atoms with van der Waals surface area (Å²) in [5.74, 6) is 0.891. The summed E-state index contributed by atoms with van der Waals surface area (Å²) in [6.07, 6.45) is 0.540. The lowest BCUT2D eigenvalue weighted by atomic mass is 10.2. The number of ether oxygens (including phenoxy) is 1. The molecule has 0 aromatic heterocycles. The van der Waals surface area contributed by atoms with Crippen molar-refractivity contribution in [2.45, 2.75) is 13.8 Å². The van der Waals surface area contributed by atoms with Crippen LogP contribution in [-0.2, 0) is 4.79 Å². The molecular formula is C27H31N5O4. The lowest BCUT2D eigenvalue weighted by Crippen LogP contribution is -2.34. The topological polar surface area (TPSA) is 112 Å². The molecule has 4 N–H and O–H groups in total. The first-order valence-electron chi connectivity index (χ1n) is 11.8. The number of anilines is 3. The summed E-state index contributed by atoms with van der Waals surface area (Å²) in [6, 6.07) is 20.2. The number of carbonyl (C=O) groups is 3. The molecule has 3 rings (SSSR count). The van der Waals surface area contributed by atoms with Crippen molar-refractivity contribution < 1.29 is 19.1 Å². The number of likely N-dealkylation sites (N-methyl/N-ethyl adjacent to an activating group) is 1. The summed E-state index contributed by atoms with van der Waals surface area (Å²) >= 11 is 0. The minimum Gasteiger partial charge on any atom is -0.455 e. The van der Waals surface area contributed by atoms with Crippen molar-refractivity contribution in [3.63, 3.8) is 0 Å². The molecule has 36 heavy (non-hydrogen) atoms. The van der Waals surface area contributed by atoms with Gasteiger partial charge in [0, 0.05) is 30.0 Å². The van der Waals surface area contributed by atoms with Crippen LogP contribution in [-0.4, -0.2) is 49.4 Å². The molecule has 0 heterocycles. The SMILES string of the molecule is CCN(CC)CCNC(=O)c1ccc(NC(=O)Nc2ccc(Oc3ccccc3)c(NC=O)c2)cc1. The van der Waals surface area contributed by atoms with Gasteiger partial charge in [-0.1, -0.05) is 32.0 Å². The van der Waals surface area contributed by atoms with Crippen molar-refractivity contribution in [2.24, 2.45) is 0 Å². The number of nitrogens with one attached hydrogen (secondary N) is 4. The van der Waals surface area contributed by atoms with E-state index in [1.807, 2.05) is 18.2 Å². The second-order valence-electron chi connectivity index (χ2n) is 7.83. The Kier molecular flexibility index (Phi) is 9.84. The normalized spacial score (nSPS) is 10.4. The summed E-state index contributed by atoms with van der Waals surface area (Å²) in [7, 11) is 0. The molecule has 0 unspecified atom stereocenters. The number of para-hydroxylation sites is 1. The number of amides is 4. The van der Waals surface area contributed by atoms with E-state index in [0.717, 1.165) is 19.6 Å². The van der Waals surface area contributed by atoms with Gasteiger partial charge in [0.2, 0.25) is 6.41 Å². The molecule has 4 amide bonds. The first-order chi connectivity index (χ1) is 17.5. The molecule has 3 aromatic carbocycles. The van der Waals surface area contributed by atoms with E-state index in [4.69, 9.17) is 4.74 Å². The first-order valence-corrected chi connectivity index (χ1v) is 11.8. The Morgan fingerprint density at radius 2 is 1.56 bits per heavy atom. The van der Waals surface area contributed by atoms with Gasteiger partial charge in [-0.2, -0.15) is 0 Å². The van der Waals surface area contributed by atoms with E-state index in [2.05, 4.69) is 40.0 Å². The van der Waals surface area contributed by atoms with Crippen LogP contribution in [0.4, 0.5) is 21.9 Å². The average Bonchev–Trinajstić information content (AvgIpc) is 2.89. The molecule has 0 aliphatic carbocycles. The third kappa shape index (κ3) is 7.85. The van der Waals surface area contributed by atoms with Crippen LogP contribution >= 0.6 is 0 Å². The zero-order chi connectivity index (χ0) is 25.8. The summed E-state index contributed by atoms with van der Waals surface area (Å²) < 4.78 is 5.81. The van der Waals surface area contributed by atoms with Crippen LogP contribution in [0.5, 0.6) is 11.5 Å². The van der Waals surface area contributed by atoms with Crippen molar-refractivity contribution in [1.82, 2.24) is 10.2 Å². The monoisotopic (exact) mass is 489 g/mol. The van der Waals surface area contributed by atoms with Crippen LogP contribution in [0, 0.1) is 0 Å². The van der Waals surface area contributed by atoms with Crippen LogP contribution in [0.2, 0.25) is 0 Å². The second-order valence-corrected chi connectivity index (χ2v) is 7.83. The van der Waals surface area contributed by atoms with Gasteiger partial charge in [-0.15, -0.1) is 0 Å². The zero-order valence-corrected chi connectivity index (χ0v) is 20.4. The number of carbonyl (C=O) groups excluding carboxylic acids is 3. The summed E-state index contributed by atoms with van der Waals surface area (Å²) in [5, 5.41) is 10.9. The Hall–Kier alpha value is -4.37. The smallest absolute Gasteiger partial charge is 0.323 e. The predicted octanol–water partition coefficient (Wildman–Crippen LogP) is 4.76. The summed E-state index contributed by atoms with van der Waals surface area (Å²) in [6.45, 7) is 7.42. The molecule has 0 saturated carbocycles. The van der Waals surface area contributed by atoms with Crippen molar-refractivity contribution in [2.75, 3.05) is 42.1 Å². The molecule has 0 atom stereocenters. The minimum atomic E-state index is -0.472. The highest BCUT2D eigenvalue weighted by molar-refractivity contribution is 6.01. The Morgan fingerprint density at radius 1 is 0.889 bits per heavy atom. The van der Waals surface area contributed by atoms with Gasteiger partial charge >= 0.3 is 6.03 Å². The van der Waals surface area contributed by atoms with E-state index in [-0.39, 0.29) is 5.91 Å². The number of hydrogen-bond donors (Lipinski definition) is 4. The van der Waals surface area contributed by atoms with E-state index >= 15 is 0 Å². The van der Waals surface area contributed by atoms with Gasteiger partial charge in [0.15, 0.2) is 5.75 Å². The standard InChI is InChI=1S/C27H31N5O4/c1-3-32(4-2)17-16-28-26(34)20-10-12-21(13-11-20)30-27(35)31-22-14-15-25(24(18-22)29-19-33)36-23-8-6-5-7-9-23/h5-15,18-19H,3-4,16-17H2,1-2H3,(H,28,34)(H,29,33)(H2,30,31,35). The quantitative estimate of drug-likeness (QED) is 0.274. The predicted molar refractivity (Wildman–Crippen MR) is 142 cm³/mol. The third-order valence-electron chi connectivity index (χ3n) is 5.44. The van der Waals surface area contributed by atoms with E-state index in [1.54, 1.807) is 54.6 Å². The van der Waals surface area contributed by atoms with Crippen LogP contribution < -0.4 is 26.0 Å². The van der Waals surface area contributed by atoms with Gasteiger partial charge < -0.3 is 30.9 Å². The fourth-order valence-electron chi connectivity index (χ4n) is 3.46. The van der Waals surface area contributed by atoms with Crippen LogP contribution in [0.1, 0.15) is 24.2 Å². The highest BCUT2D eigenvalue weighted by Crippen LogP contribution is 2.31. The maximum absolute atomic E-state index is 12.5. The molecule has 0 fully saturated rings. The lowest BCUT2D eigenvalue weighted by molar-refractivity contribution is -0.105. The Morgan fingerprint density at radius 3 is 2.22 bits per heavy atom. The van der Waals surface area contributed by atoms with Crippen molar-refractivity contribution >= 4 is 35.4 Å². The van der Waals surface area contributed by atoms with Crippen molar-refractivity contribution in [1.29, 1.82) is 0 Å². The van der Waals surface area contributed by atoms with Crippen molar-refractivity contribution in [3.8, 4) is 11.5 Å². The fourth-order valence-corrected chi connectivity index (χ4v) is 3.46. The lowest BCUT2D eigenvalue weighted by Gasteiger charge is -2.18. The van der Waals surface area contributed by atoms with Gasteiger partial charge in [-0.05, 0) is 67.7 Å². The molecular weight excluding hydrogens is 458 g/mol. The summed E-state index contributed by atoms with van der Waals surface area (Å²) in [4.78, 5) is 38.1. The molecule has 188 valence electrons. The van der Waals surface area contributed by atoms with E-state index in [0.29, 0.717) is 47.1 Å².